The van der Waals surface area contributed by atoms with Crippen molar-refractivity contribution in [1.82, 2.24) is 14.1 Å². The SMILES string of the molecule is Cn1c(=O)nc2c(c1=O)c1c3ccccc3cccc1n2Cc1ccccc1. The van der Waals surface area contributed by atoms with E-state index in [0.717, 1.165) is 31.8 Å². The molecule has 5 nitrogen and oxygen atoms in total. The average molecular weight is 367 g/mol. The van der Waals surface area contributed by atoms with Crippen molar-refractivity contribution in [3.05, 3.63) is 99.2 Å². The van der Waals surface area contributed by atoms with E-state index in [1.54, 1.807) is 0 Å². The lowest BCUT2D eigenvalue weighted by Gasteiger charge is -2.06. The lowest BCUT2D eigenvalue weighted by atomic mass is 10.1. The Balaban J connectivity index is 2.04. The highest BCUT2D eigenvalue weighted by molar-refractivity contribution is 6.18. The predicted molar refractivity (Wildman–Crippen MR) is 112 cm³/mol. The average Bonchev–Trinajstić information content (AvgIpc) is 2.88. The van der Waals surface area contributed by atoms with Crippen molar-refractivity contribution in [2.45, 2.75) is 6.54 Å². The van der Waals surface area contributed by atoms with E-state index in [1.807, 2.05) is 77.4 Å². The fourth-order valence-corrected chi connectivity index (χ4v) is 3.85. The van der Waals surface area contributed by atoms with E-state index in [-0.39, 0.29) is 5.56 Å². The number of hydrogen-bond donors (Lipinski definition) is 0. The van der Waals surface area contributed by atoms with Crippen LogP contribution in [0.15, 0.2) is 82.4 Å². The molecule has 0 aliphatic rings. The zero-order chi connectivity index (χ0) is 19.3. The van der Waals surface area contributed by atoms with E-state index in [2.05, 4.69) is 4.98 Å². The molecule has 0 radical (unpaired) electrons. The molecule has 0 spiro atoms. The largest absolute Gasteiger partial charge is 0.352 e. The van der Waals surface area contributed by atoms with Gasteiger partial charge in [-0.25, -0.2) is 4.79 Å². The molecule has 0 aliphatic carbocycles. The lowest BCUT2D eigenvalue weighted by Crippen LogP contribution is -2.32. The third-order valence-corrected chi connectivity index (χ3v) is 5.23. The van der Waals surface area contributed by atoms with Gasteiger partial charge in [0.25, 0.3) is 5.56 Å². The summed E-state index contributed by atoms with van der Waals surface area (Å²) >= 11 is 0. The van der Waals surface area contributed by atoms with Gasteiger partial charge in [0.15, 0.2) is 5.65 Å². The van der Waals surface area contributed by atoms with Gasteiger partial charge in [0.2, 0.25) is 0 Å². The minimum absolute atomic E-state index is 0.317. The van der Waals surface area contributed by atoms with Crippen molar-refractivity contribution < 1.29 is 0 Å². The molecule has 28 heavy (non-hydrogen) atoms. The highest BCUT2D eigenvalue weighted by Crippen LogP contribution is 2.31. The van der Waals surface area contributed by atoms with Crippen molar-refractivity contribution in [1.29, 1.82) is 0 Å². The third kappa shape index (κ3) is 2.36. The van der Waals surface area contributed by atoms with Gasteiger partial charge in [0.05, 0.1) is 10.9 Å². The monoisotopic (exact) mass is 367 g/mol. The van der Waals surface area contributed by atoms with Crippen molar-refractivity contribution in [2.24, 2.45) is 7.05 Å². The summed E-state index contributed by atoms with van der Waals surface area (Å²) in [6, 6.07) is 23.9. The summed E-state index contributed by atoms with van der Waals surface area (Å²) in [5, 5.41) is 3.32. The van der Waals surface area contributed by atoms with Crippen LogP contribution >= 0.6 is 0 Å². The predicted octanol–water partition coefficient (Wildman–Crippen LogP) is 3.45. The van der Waals surface area contributed by atoms with Gasteiger partial charge in [0.1, 0.15) is 0 Å². The van der Waals surface area contributed by atoms with Gasteiger partial charge in [-0.05, 0) is 22.4 Å². The summed E-state index contributed by atoms with van der Waals surface area (Å²) in [6.07, 6.45) is 0. The fourth-order valence-electron chi connectivity index (χ4n) is 3.85. The van der Waals surface area contributed by atoms with Crippen LogP contribution in [-0.4, -0.2) is 14.1 Å². The first kappa shape index (κ1) is 16.4. The van der Waals surface area contributed by atoms with Gasteiger partial charge in [-0.15, -0.1) is 0 Å². The molecule has 0 saturated heterocycles. The first-order valence-electron chi connectivity index (χ1n) is 9.10. The van der Waals surface area contributed by atoms with Crippen LogP contribution in [0.4, 0.5) is 0 Å². The molecule has 2 heterocycles. The highest BCUT2D eigenvalue weighted by atomic mass is 16.2. The number of rotatable bonds is 2. The minimum atomic E-state index is -0.539. The van der Waals surface area contributed by atoms with E-state index in [9.17, 15) is 9.59 Å². The van der Waals surface area contributed by atoms with Crippen molar-refractivity contribution in [2.75, 3.05) is 0 Å². The second-order valence-electron chi connectivity index (χ2n) is 6.90. The first-order valence-corrected chi connectivity index (χ1v) is 9.10. The Morgan fingerprint density at radius 2 is 1.54 bits per heavy atom. The summed E-state index contributed by atoms with van der Waals surface area (Å²) in [6.45, 7) is 0.527. The number of aromatic nitrogens is 3. The van der Waals surface area contributed by atoms with Crippen molar-refractivity contribution >= 4 is 32.7 Å². The Labute approximate surface area is 160 Å². The molecule has 5 rings (SSSR count). The quantitative estimate of drug-likeness (QED) is 0.480. The van der Waals surface area contributed by atoms with Crippen molar-refractivity contribution in [3.63, 3.8) is 0 Å². The van der Waals surface area contributed by atoms with Gasteiger partial charge >= 0.3 is 5.69 Å². The van der Waals surface area contributed by atoms with Crippen molar-refractivity contribution in [3.8, 4) is 0 Å². The topological polar surface area (TPSA) is 56.9 Å². The van der Waals surface area contributed by atoms with E-state index in [4.69, 9.17) is 0 Å². The van der Waals surface area contributed by atoms with E-state index in [1.165, 1.54) is 7.05 Å². The van der Waals surface area contributed by atoms with Gasteiger partial charge < -0.3 is 4.57 Å². The van der Waals surface area contributed by atoms with Gasteiger partial charge in [-0.3, -0.25) is 9.36 Å². The Morgan fingerprint density at radius 1 is 0.821 bits per heavy atom. The molecule has 0 unspecified atom stereocenters. The van der Waals surface area contributed by atoms with Crippen LogP contribution in [0.5, 0.6) is 0 Å². The molecule has 2 aromatic heterocycles. The van der Waals surface area contributed by atoms with Crippen LogP contribution in [-0.2, 0) is 13.6 Å². The summed E-state index contributed by atoms with van der Waals surface area (Å²) in [7, 11) is 1.47. The third-order valence-electron chi connectivity index (χ3n) is 5.23. The summed E-state index contributed by atoms with van der Waals surface area (Å²) < 4.78 is 3.05. The Hall–Kier alpha value is -3.73. The molecule has 5 heteroatoms. The zero-order valence-corrected chi connectivity index (χ0v) is 15.3. The van der Waals surface area contributed by atoms with Gasteiger partial charge in [-0.2, -0.15) is 4.98 Å². The van der Waals surface area contributed by atoms with E-state index >= 15 is 0 Å². The molecule has 0 aliphatic heterocycles. The van der Waals surface area contributed by atoms with Crippen LogP contribution in [0.25, 0.3) is 32.7 Å². The van der Waals surface area contributed by atoms with Crippen LogP contribution in [0, 0.1) is 0 Å². The zero-order valence-electron chi connectivity index (χ0n) is 15.3. The maximum absolute atomic E-state index is 13.1. The standard InChI is InChI=1S/C23H17N3O2/c1-25-22(27)20-19-17-12-6-5-10-16(17)11-7-13-18(19)26(21(20)24-23(25)28)14-15-8-3-2-4-9-15/h2-13H,14H2,1H3. The minimum Gasteiger partial charge on any atom is -0.320 e. The normalized spacial score (nSPS) is 11.5. The number of benzene rings is 2. The highest BCUT2D eigenvalue weighted by Gasteiger charge is 2.18. The van der Waals surface area contributed by atoms with Crippen LogP contribution in [0.3, 0.4) is 0 Å². The molecule has 136 valence electrons. The molecule has 3 aromatic carbocycles. The Kier molecular flexibility index (Phi) is 3.62. The smallest absolute Gasteiger partial charge is 0.320 e. The molecule has 0 amide bonds. The first-order chi connectivity index (χ1) is 13.6. The maximum atomic E-state index is 13.1. The summed E-state index contributed by atoms with van der Waals surface area (Å²) in [5.74, 6) is 0. The molecule has 5 aromatic rings. The summed E-state index contributed by atoms with van der Waals surface area (Å²) in [5.41, 5.74) is 1.54. The maximum Gasteiger partial charge on any atom is 0.352 e. The number of fused-ring (bicyclic) bond motifs is 5. The van der Waals surface area contributed by atoms with Crippen LogP contribution in [0.1, 0.15) is 5.56 Å². The molecule has 0 atom stereocenters. The fraction of sp³-hybridized carbons (Fsp3) is 0.0870. The van der Waals surface area contributed by atoms with E-state index in [0.29, 0.717) is 17.6 Å². The molecule has 0 bridgehead atoms. The van der Waals surface area contributed by atoms with Crippen LogP contribution < -0.4 is 11.2 Å². The molecular formula is C23H17N3O2. The Morgan fingerprint density at radius 3 is 2.36 bits per heavy atom. The van der Waals surface area contributed by atoms with Gasteiger partial charge in [0, 0.05) is 19.0 Å². The lowest BCUT2D eigenvalue weighted by molar-refractivity contribution is 0.776. The second kappa shape index (κ2) is 6.16. The van der Waals surface area contributed by atoms with Gasteiger partial charge in [-0.1, -0.05) is 66.7 Å². The summed E-state index contributed by atoms with van der Waals surface area (Å²) in [4.78, 5) is 29.7. The van der Waals surface area contributed by atoms with E-state index < -0.39 is 5.69 Å². The molecule has 0 saturated carbocycles. The second-order valence-corrected chi connectivity index (χ2v) is 6.90. The number of hydrogen-bond acceptors (Lipinski definition) is 3. The number of nitrogens with zero attached hydrogens (tertiary/aromatic N) is 3. The molecule has 0 fully saturated rings. The Bertz CT molecular complexity index is 1480. The molecular weight excluding hydrogens is 350 g/mol. The van der Waals surface area contributed by atoms with Crippen LogP contribution in [0.2, 0.25) is 0 Å². The molecule has 0 N–H and O–H groups in total.